The summed E-state index contributed by atoms with van der Waals surface area (Å²) >= 11 is 13.5. The molecule has 0 aliphatic carbocycles. The SMILES string of the molecule is Fc1cccc(CC(CCl)Cc2ccc(Cl)s2)c1. The second kappa shape index (κ2) is 6.55. The number of halogens is 3. The molecule has 0 saturated carbocycles. The maximum atomic E-state index is 13.1. The zero-order chi connectivity index (χ0) is 13.0. The molecule has 1 aromatic carbocycles. The van der Waals surface area contributed by atoms with Crippen molar-refractivity contribution in [3.05, 3.63) is 57.0 Å². The molecule has 2 rings (SSSR count). The van der Waals surface area contributed by atoms with Crippen LogP contribution in [0.4, 0.5) is 4.39 Å². The fourth-order valence-corrected chi connectivity index (χ4v) is 3.34. The van der Waals surface area contributed by atoms with E-state index in [2.05, 4.69) is 0 Å². The van der Waals surface area contributed by atoms with Crippen molar-refractivity contribution in [1.29, 1.82) is 0 Å². The van der Waals surface area contributed by atoms with Crippen LogP contribution in [0.3, 0.4) is 0 Å². The Labute approximate surface area is 120 Å². The van der Waals surface area contributed by atoms with E-state index in [1.165, 1.54) is 10.9 Å². The van der Waals surface area contributed by atoms with Crippen molar-refractivity contribution in [3.8, 4) is 0 Å². The molecule has 0 aliphatic heterocycles. The van der Waals surface area contributed by atoms with Gasteiger partial charge in [0.1, 0.15) is 5.82 Å². The number of benzene rings is 1. The third-order valence-electron chi connectivity index (χ3n) is 2.75. The Kier molecular flexibility index (Phi) is 5.04. The highest BCUT2D eigenvalue weighted by atomic mass is 35.5. The van der Waals surface area contributed by atoms with Crippen molar-refractivity contribution in [3.63, 3.8) is 0 Å². The van der Waals surface area contributed by atoms with E-state index in [-0.39, 0.29) is 5.82 Å². The maximum Gasteiger partial charge on any atom is 0.123 e. The minimum atomic E-state index is -0.194. The quantitative estimate of drug-likeness (QED) is 0.668. The van der Waals surface area contributed by atoms with Gasteiger partial charge in [0.2, 0.25) is 0 Å². The predicted octanol–water partition coefficient (Wildman–Crippen LogP) is 5.18. The van der Waals surface area contributed by atoms with Crippen LogP contribution in [-0.4, -0.2) is 5.88 Å². The smallest absolute Gasteiger partial charge is 0.123 e. The number of hydrogen-bond donors (Lipinski definition) is 0. The molecule has 2 aromatic rings. The van der Waals surface area contributed by atoms with Crippen molar-refractivity contribution in [2.24, 2.45) is 5.92 Å². The number of rotatable bonds is 5. The van der Waals surface area contributed by atoms with Crippen LogP contribution >= 0.6 is 34.5 Å². The molecule has 1 aromatic heterocycles. The van der Waals surface area contributed by atoms with Crippen molar-refractivity contribution in [1.82, 2.24) is 0 Å². The molecule has 0 N–H and O–H groups in total. The van der Waals surface area contributed by atoms with Gasteiger partial charge in [-0.1, -0.05) is 23.7 Å². The first-order chi connectivity index (χ1) is 8.67. The fraction of sp³-hybridized carbons (Fsp3) is 0.286. The van der Waals surface area contributed by atoms with Crippen molar-refractivity contribution < 1.29 is 4.39 Å². The molecular formula is C14H13Cl2FS. The van der Waals surface area contributed by atoms with Crippen molar-refractivity contribution >= 4 is 34.5 Å². The summed E-state index contributed by atoms with van der Waals surface area (Å²) in [4.78, 5) is 1.22. The predicted molar refractivity (Wildman–Crippen MR) is 77.3 cm³/mol. The third kappa shape index (κ3) is 3.98. The van der Waals surface area contributed by atoms with Gasteiger partial charge in [0.05, 0.1) is 4.34 Å². The van der Waals surface area contributed by atoms with E-state index >= 15 is 0 Å². The van der Waals surface area contributed by atoms with Crippen LogP contribution in [0.25, 0.3) is 0 Å². The zero-order valence-corrected chi connectivity index (χ0v) is 12.0. The standard InChI is InChI=1S/C14H13Cl2FS/c15-9-11(8-13-4-5-14(16)18-13)6-10-2-1-3-12(17)7-10/h1-5,7,11H,6,8-9H2. The first-order valence-corrected chi connectivity index (χ1v) is 7.45. The lowest BCUT2D eigenvalue weighted by molar-refractivity contribution is 0.581. The van der Waals surface area contributed by atoms with Gasteiger partial charge < -0.3 is 0 Å². The molecule has 1 unspecified atom stereocenters. The van der Waals surface area contributed by atoms with E-state index in [0.717, 1.165) is 22.7 Å². The molecule has 0 nitrogen and oxygen atoms in total. The Balaban J connectivity index is 2.01. The third-order valence-corrected chi connectivity index (χ3v) is 4.44. The van der Waals surface area contributed by atoms with Crippen LogP contribution in [-0.2, 0) is 12.8 Å². The molecule has 18 heavy (non-hydrogen) atoms. The average molecular weight is 303 g/mol. The van der Waals surface area contributed by atoms with Crippen LogP contribution in [0, 0.1) is 11.7 Å². The van der Waals surface area contributed by atoms with Gasteiger partial charge in [0.25, 0.3) is 0 Å². The summed E-state index contributed by atoms with van der Waals surface area (Å²) in [5.41, 5.74) is 0.989. The Hall–Kier alpha value is -0.570. The lowest BCUT2D eigenvalue weighted by Crippen LogP contribution is -2.09. The second-order valence-electron chi connectivity index (χ2n) is 4.26. The van der Waals surface area contributed by atoms with Gasteiger partial charge in [-0.2, -0.15) is 0 Å². The van der Waals surface area contributed by atoms with Gasteiger partial charge in [-0.15, -0.1) is 22.9 Å². The topological polar surface area (TPSA) is 0 Å². The highest BCUT2D eigenvalue weighted by Gasteiger charge is 2.11. The summed E-state index contributed by atoms with van der Waals surface area (Å²) < 4.78 is 13.9. The molecule has 0 amide bonds. The van der Waals surface area contributed by atoms with E-state index in [4.69, 9.17) is 23.2 Å². The van der Waals surface area contributed by atoms with Crippen molar-refractivity contribution in [2.75, 3.05) is 5.88 Å². The summed E-state index contributed by atoms with van der Waals surface area (Å²) in [5, 5.41) is 0. The van der Waals surface area contributed by atoms with E-state index in [9.17, 15) is 4.39 Å². The molecule has 0 spiro atoms. The molecule has 1 heterocycles. The minimum Gasteiger partial charge on any atom is -0.207 e. The minimum absolute atomic E-state index is 0.194. The fourth-order valence-electron chi connectivity index (χ4n) is 1.92. The summed E-state index contributed by atoms with van der Waals surface area (Å²) in [6.45, 7) is 0. The highest BCUT2D eigenvalue weighted by Crippen LogP contribution is 2.25. The first kappa shape index (κ1) is 13.9. The molecule has 0 radical (unpaired) electrons. The Morgan fingerprint density at radius 1 is 1.17 bits per heavy atom. The van der Waals surface area contributed by atoms with Gasteiger partial charge in [-0.3, -0.25) is 0 Å². The van der Waals surface area contributed by atoms with Gasteiger partial charge in [-0.05, 0) is 48.6 Å². The first-order valence-electron chi connectivity index (χ1n) is 5.72. The van der Waals surface area contributed by atoms with E-state index in [1.54, 1.807) is 23.5 Å². The Bertz CT molecular complexity index is 510. The van der Waals surface area contributed by atoms with Crippen LogP contribution < -0.4 is 0 Å². The van der Waals surface area contributed by atoms with Crippen molar-refractivity contribution in [2.45, 2.75) is 12.8 Å². The summed E-state index contributed by atoms with van der Waals surface area (Å²) in [6, 6.07) is 10.6. The van der Waals surface area contributed by atoms with Crippen LogP contribution in [0.15, 0.2) is 36.4 Å². The average Bonchev–Trinajstić information content (AvgIpc) is 2.74. The molecule has 0 saturated heterocycles. The van der Waals surface area contributed by atoms with Gasteiger partial charge in [0.15, 0.2) is 0 Å². The molecule has 4 heteroatoms. The van der Waals surface area contributed by atoms with E-state index < -0.39 is 0 Å². The van der Waals surface area contributed by atoms with E-state index in [0.29, 0.717) is 11.8 Å². The molecular weight excluding hydrogens is 290 g/mol. The normalized spacial score (nSPS) is 12.6. The summed E-state index contributed by atoms with van der Waals surface area (Å²) in [5.74, 6) is 0.676. The highest BCUT2D eigenvalue weighted by molar-refractivity contribution is 7.16. The number of thiophene rings is 1. The van der Waals surface area contributed by atoms with Gasteiger partial charge in [0, 0.05) is 10.8 Å². The van der Waals surface area contributed by atoms with Crippen LogP contribution in [0.2, 0.25) is 4.34 Å². The van der Waals surface area contributed by atoms with Crippen LogP contribution in [0.5, 0.6) is 0 Å². The monoisotopic (exact) mass is 302 g/mol. The molecule has 1 atom stereocenters. The molecule has 0 aliphatic rings. The lowest BCUT2D eigenvalue weighted by atomic mass is 9.97. The lowest BCUT2D eigenvalue weighted by Gasteiger charge is -2.12. The zero-order valence-electron chi connectivity index (χ0n) is 9.70. The van der Waals surface area contributed by atoms with E-state index in [1.807, 2.05) is 18.2 Å². The number of alkyl halides is 1. The summed E-state index contributed by atoms with van der Waals surface area (Å²) in [6.07, 6.45) is 1.67. The van der Waals surface area contributed by atoms with Crippen LogP contribution in [0.1, 0.15) is 10.4 Å². The number of hydrogen-bond acceptors (Lipinski definition) is 1. The molecule has 96 valence electrons. The Morgan fingerprint density at radius 2 is 2.00 bits per heavy atom. The molecule has 0 fully saturated rings. The molecule has 0 bridgehead atoms. The second-order valence-corrected chi connectivity index (χ2v) is 6.37. The van der Waals surface area contributed by atoms with Gasteiger partial charge >= 0.3 is 0 Å². The largest absolute Gasteiger partial charge is 0.207 e. The van der Waals surface area contributed by atoms with Gasteiger partial charge in [-0.25, -0.2) is 4.39 Å². The maximum absolute atomic E-state index is 13.1. The summed E-state index contributed by atoms with van der Waals surface area (Å²) in [7, 11) is 0. The Morgan fingerprint density at radius 3 is 2.61 bits per heavy atom.